The van der Waals surface area contributed by atoms with Gasteiger partial charge in [0, 0.05) is 24.6 Å². The van der Waals surface area contributed by atoms with Gasteiger partial charge in [-0.05, 0) is 19.8 Å². The van der Waals surface area contributed by atoms with Gasteiger partial charge in [0.1, 0.15) is 0 Å². The van der Waals surface area contributed by atoms with E-state index in [2.05, 4.69) is 20.3 Å². The van der Waals surface area contributed by atoms with Crippen LogP contribution in [0.1, 0.15) is 30.3 Å². The standard InChI is InChI=1S/C13H15N5O/c1-9-6-16-10(7-15-9)8-17-12-13(19)18(5-4-14-12)11-2-3-11/h4-7,11H,2-3,8H2,1H3,(H,14,17). The second-order valence-corrected chi connectivity index (χ2v) is 4.72. The van der Waals surface area contributed by atoms with Gasteiger partial charge in [0.15, 0.2) is 5.82 Å². The zero-order valence-corrected chi connectivity index (χ0v) is 10.7. The van der Waals surface area contributed by atoms with E-state index in [1.807, 2.05) is 6.92 Å². The van der Waals surface area contributed by atoms with Crippen molar-refractivity contribution in [2.24, 2.45) is 0 Å². The molecule has 0 aliphatic heterocycles. The van der Waals surface area contributed by atoms with Gasteiger partial charge in [0.05, 0.1) is 24.1 Å². The largest absolute Gasteiger partial charge is 0.360 e. The quantitative estimate of drug-likeness (QED) is 0.893. The SMILES string of the molecule is Cc1cnc(CNc2nccn(C3CC3)c2=O)cn1. The zero-order chi connectivity index (χ0) is 13.2. The van der Waals surface area contributed by atoms with Crippen LogP contribution in [0.2, 0.25) is 0 Å². The Labute approximate surface area is 110 Å². The van der Waals surface area contributed by atoms with Gasteiger partial charge in [-0.3, -0.25) is 14.8 Å². The first-order chi connectivity index (χ1) is 9.24. The molecule has 6 nitrogen and oxygen atoms in total. The highest BCUT2D eigenvalue weighted by Gasteiger charge is 2.25. The average molecular weight is 257 g/mol. The monoisotopic (exact) mass is 257 g/mol. The Hall–Kier alpha value is -2.24. The van der Waals surface area contributed by atoms with Crippen molar-refractivity contribution in [2.75, 3.05) is 5.32 Å². The van der Waals surface area contributed by atoms with Crippen molar-refractivity contribution in [2.45, 2.75) is 32.4 Å². The summed E-state index contributed by atoms with van der Waals surface area (Å²) in [5.41, 5.74) is 1.59. The molecule has 0 radical (unpaired) electrons. The Balaban J connectivity index is 1.74. The lowest BCUT2D eigenvalue weighted by molar-refractivity contribution is 0.699. The van der Waals surface area contributed by atoms with Gasteiger partial charge in [-0.2, -0.15) is 0 Å². The lowest BCUT2D eigenvalue weighted by Crippen LogP contribution is -2.23. The summed E-state index contributed by atoms with van der Waals surface area (Å²) in [5.74, 6) is 0.372. The summed E-state index contributed by atoms with van der Waals surface area (Å²) in [4.78, 5) is 24.6. The van der Waals surface area contributed by atoms with Gasteiger partial charge in [0.25, 0.3) is 5.56 Å². The topological polar surface area (TPSA) is 72.7 Å². The molecule has 1 saturated carbocycles. The first-order valence-corrected chi connectivity index (χ1v) is 6.32. The summed E-state index contributed by atoms with van der Waals surface area (Å²) in [6, 6.07) is 0.357. The van der Waals surface area contributed by atoms with Gasteiger partial charge < -0.3 is 9.88 Å². The van der Waals surface area contributed by atoms with Crippen molar-refractivity contribution in [3.8, 4) is 0 Å². The molecule has 3 rings (SSSR count). The maximum absolute atomic E-state index is 12.1. The van der Waals surface area contributed by atoms with Crippen LogP contribution >= 0.6 is 0 Å². The second-order valence-electron chi connectivity index (χ2n) is 4.72. The summed E-state index contributed by atoms with van der Waals surface area (Å²) in [5, 5.41) is 3.02. The van der Waals surface area contributed by atoms with Crippen LogP contribution in [0, 0.1) is 6.92 Å². The normalized spacial score (nSPS) is 14.4. The molecule has 0 atom stereocenters. The summed E-state index contributed by atoms with van der Waals surface area (Å²) in [6.07, 6.45) is 8.96. The van der Waals surface area contributed by atoms with Crippen LogP contribution in [0.5, 0.6) is 0 Å². The molecule has 6 heteroatoms. The van der Waals surface area contributed by atoms with E-state index in [4.69, 9.17) is 0 Å². The molecular weight excluding hydrogens is 242 g/mol. The molecule has 0 spiro atoms. The van der Waals surface area contributed by atoms with Crippen LogP contribution in [0.3, 0.4) is 0 Å². The van der Waals surface area contributed by atoms with E-state index in [1.54, 1.807) is 29.4 Å². The van der Waals surface area contributed by atoms with Crippen molar-refractivity contribution in [1.82, 2.24) is 19.5 Å². The molecule has 19 heavy (non-hydrogen) atoms. The fraction of sp³-hybridized carbons (Fsp3) is 0.385. The number of anilines is 1. The Morgan fingerprint density at radius 2 is 2.16 bits per heavy atom. The molecule has 98 valence electrons. The third-order valence-electron chi connectivity index (χ3n) is 3.08. The van der Waals surface area contributed by atoms with Crippen molar-refractivity contribution in [1.29, 1.82) is 0 Å². The molecule has 0 amide bonds. The molecule has 2 aromatic rings. The molecule has 0 bridgehead atoms. The first kappa shape index (κ1) is 11.8. The van der Waals surface area contributed by atoms with E-state index < -0.39 is 0 Å². The number of hydrogen-bond acceptors (Lipinski definition) is 5. The molecule has 1 N–H and O–H groups in total. The van der Waals surface area contributed by atoms with Crippen LogP contribution in [0.25, 0.3) is 0 Å². The Morgan fingerprint density at radius 1 is 1.32 bits per heavy atom. The van der Waals surface area contributed by atoms with Gasteiger partial charge in [0.2, 0.25) is 0 Å². The van der Waals surface area contributed by atoms with E-state index >= 15 is 0 Å². The minimum absolute atomic E-state index is 0.0647. The third-order valence-corrected chi connectivity index (χ3v) is 3.08. The number of aryl methyl sites for hydroxylation is 1. The number of nitrogens with one attached hydrogen (secondary N) is 1. The summed E-state index contributed by atoms with van der Waals surface area (Å²) < 4.78 is 1.75. The molecule has 1 fully saturated rings. The van der Waals surface area contributed by atoms with Crippen LogP contribution < -0.4 is 10.9 Å². The fourth-order valence-corrected chi connectivity index (χ4v) is 1.87. The molecule has 0 saturated heterocycles. The fourth-order valence-electron chi connectivity index (χ4n) is 1.87. The highest BCUT2D eigenvalue weighted by Crippen LogP contribution is 2.33. The summed E-state index contributed by atoms with van der Waals surface area (Å²) >= 11 is 0. The molecule has 1 aliphatic rings. The van der Waals surface area contributed by atoms with E-state index in [0.717, 1.165) is 24.2 Å². The maximum Gasteiger partial charge on any atom is 0.293 e. The van der Waals surface area contributed by atoms with Crippen molar-refractivity contribution in [3.05, 3.63) is 46.5 Å². The van der Waals surface area contributed by atoms with Gasteiger partial charge >= 0.3 is 0 Å². The van der Waals surface area contributed by atoms with Gasteiger partial charge in [-0.1, -0.05) is 0 Å². The smallest absolute Gasteiger partial charge is 0.293 e. The first-order valence-electron chi connectivity index (χ1n) is 6.32. The van der Waals surface area contributed by atoms with E-state index in [0.29, 0.717) is 18.4 Å². The van der Waals surface area contributed by atoms with E-state index in [-0.39, 0.29) is 5.56 Å². The lowest BCUT2D eigenvalue weighted by atomic mass is 10.4. The highest BCUT2D eigenvalue weighted by molar-refractivity contribution is 5.31. The van der Waals surface area contributed by atoms with E-state index in [9.17, 15) is 4.79 Å². The third kappa shape index (κ3) is 2.62. The predicted molar refractivity (Wildman–Crippen MR) is 70.9 cm³/mol. The number of nitrogens with zero attached hydrogens (tertiary/aromatic N) is 4. The van der Waals surface area contributed by atoms with Crippen molar-refractivity contribution in [3.63, 3.8) is 0 Å². The van der Waals surface area contributed by atoms with Gasteiger partial charge in [-0.25, -0.2) is 4.98 Å². The van der Waals surface area contributed by atoms with Crippen molar-refractivity contribution < 1.29 is 0 Å². The summed E-state index contributed by atoms with van der Waals surface area (Å²) in [6.45, 7) is 2.33. The van der Waals surface area contributed by atoms with Crippen molar-refractivity contribution >= 4 is 5.82 Å². The molecule has 0 unspecified atom stereocenters. The number of hydrogen-bond donors (Lipinski definition) is 1. The minimum atomic E-state index is -0.0647. The number of rotatable bonds is 4. The highest BCUT2D eigenvalue weighted by atomic mass is 16.1. The minimum Gasteiger partial charge on any atom is -0.360 e. The molecular formula is C13H15N5O. The molecule has 1 aliphatic carbocycles. The molecule has 2 heterocycles. The Bertz CT molecular complexity index is 630. The van der Waals surface area contributed by atoms with Crippen LogP contribution in [0.4, 0.5) is 5.82 Å². The molecule has 2 aromatic heterocycles. The Kier molecular flexibility index (Phi) is 2.98. The second kappa shape index (κ2) is 4.79. The molecule has 0 aromatic carbocycles. The maximum atomic E-state index is 12.1. The zero-order valence-electron chi connectivity index (χ0n) is 10.7. The average Bonchev–Trinajstić information content (AvgIpc) is 3.24. The van der Waals surface area contributed by atoms with Crippen LogP contribution in [0.15, 0.2) is 29.6 Å². The summed E-state index contributed by atoms with van der Waals surface area (Å²) in [7, 11) is 0. The van der Waals surface area contributed by atoms with Gasteiger partial charge in [-0.15, -0.1) is 0 Å². The van der Waals surface area contributed by atoms with Crippen LogP contribution in [-0.4, -0.2) is 19.5 Å². The Morgan fingerprint density at radius 3 is 2.84 bits per heavy atom. The van der Waals surface area contributed by atoms with Crippen LogP contribution in [-0.2, 0) is 6.54 Å². The predicted octanol–water partition coefficient (Wildman–Crippen LogP) is 1.29. The lowest BCUT2D eigenvalue weighted by Gasteiger charge is -2.07. The number of aromatic nitrogens is 4. The van der Waals surface area contributed by atoms with E-state index in [1.165, 1.54) is 0 Å².